The smallest absolute Gasteiger partial charge is 0.236 e. The standard InChI is InChI=1S/C12H20N4O.ClH/c1-16(10-3-5-13-6-4-10)9-11-12(17-2)15-8-7-14-11;/h7-8,10,13H,3-6,9H2,1-2H3;1H. The van der Waals surface area contributed by atoms with Gasteiger partial charge >= 0.3 is 0 Å². The summed E-state index contributed by atoms with van der Waals surface area (Å²) in [5.41, 5.74) is 0.913. The molecular weight excluding hydrogens is 252 g/mol. The van der Waals surface area contributed by atoms with E-state index in [2.05, 4.69) is 27.2 Å². The van der Waals surface area contributed by atoms with Crippen LogP contribution in [-0.2, 0) is 6.54 Å². The molecule has 1 aromatic rings. The van der Waals surface area contributed by atoms with Gasteiger partial charge in [0.25, 0.3) is 0 Å². The fourth-order valence-corrected chi connectivity index (χ4v) is 2.25. The van der Waals surface area contributed by atoms with E-state index in [9.17, 15) is 0 Å². The van der Waals surface area contributed by atoms with Crippen molar-refractivity contribution in [1.82, 2.24) is 20.2 Å². The Balaban J connectivity index is 0.00000162. The summed E-state index contributed by atoms with van der Waals surface area (Å²) in [4.78, 5) is 10.9. The molecule has 0 aliphatic carbocycles. The van der Waals surface area contributed by atoms with Crippen molar-refractivity contribution in [2.45, 2.75) is 25.4 Å². The predicted octanol–water partition coefficient (Wildman–Crippen LogP) is 1.09. The van der Waals surface area contributed by atoms with Gasteiger partial charge in [0.05, 0.1) is 7.11 Å². The Morgan fingerprint density at radius 1 is 1.33 bits per heavy atom. The maximum absolute atomic E-state index is 5.22. The highest BCUT2D eigenvalue weighted by atomic mass is 35.5. The number of ether oxygens (including phenoxy) is 1. The van der Waals surface area contributed by atoms with Gasteiger partial charge in [-0.05, 0) is 33.0 Å². The van der Waals surface area contributed by atoms with Crippen LogP contribution in [0.25, 0.3) is 0 Å². The normalized spacial score (nSPS) is 16.4. The Labute approximate surface area is 114 Å². The van der Waals surface area contributed by atoms with Gasteiger partial charge in [-0.15, -0.1) is 12.4 Å². The molecule has 102 valence electrons. The first-order valence-electron chi connectivity index (χ1n) is 6.06. The van der Waals surface area contributed by atoms with E-state index in [1.807, 2.05) is 0 Å². The van der Waals surface area contributed by atoms with E-state index in [1.54, 1.807) is 19.5 Å². The van der Waals surface area contributed by atoms with Gasteiger partial charge in [0, 0.05) is 25.0 Å². The van der Waals surface area contributed by atoms with Crippen molar-refractivity contribution in [2.24, 2.45) is 0 Å². The molecule has 2 heterocycles. The fraction of sp³-hybridized carbons (Fsp3) is 0.667. The van der Waals surface area contributed by atoms with E-state index < -0.39 is 0 Å². The van der Waals surface area contributed by atoms with Crippen LogP contribution in [-0.4, -0.2) is 48.2 Å². The van der Waals surface area contributed by atoms with Gasteiger partial charge in [-0.3, -0.25) is 9.88 Å². The summed E-state index contributed by atoms with van der Waals surface area (Å²) >= 11 is 0. The Bertz CT molecular complexity index is 358. The molecule has 1 aromatic heterocycles. The average Bonchev–Trinajstić information content (AvgIpc) is 2.40. The summed E-state index contributed by atoms with van der Waals surface area (Å²) in [6, 6.07) is 0.628. The molecular formula is C12H21ClN4O. The Kier molecular flexibility index (Phi) is 6.32. The highest BCUT2D eigenvalue weighted by Gasteiger charge is 2.19. The number of aromatic nitrogens is 2. The zero-order chi connectivity index (χ0) is 12.1. The third-order valence-electron chi connectivity index (χ3n) is 3.26. The highest BCUT2D eigenvalue weighted by Crippen LogP contribution is 2.17. The lowest BCUT2D eigenvalue weighted by Crippen LogP contribution is -2.40. The van der Waals surface area contributed by atoms with Gasteiger partial charge in [-0.25, -0.2) is 4.98 Å². The molecule has 1 fully saturated rings. The van der Waals surface area contributed by atoms with Crippen LogP contribution >= 0.6 is 12.4 Å². The molecule has 2 rings (SSSR count). The second-order valence-corrected chi connectivity index (χ2v) is 4.41. The number of rotatable bonds is 4. The summed E-state index contributed by atoms with van der Waals surface area (Å²) in [6.45, 7) is 3.00. The number of hydrogen-bond acceptors (Lipinski definition) is 5. The minimum atomic E-state index is 0. The predicted molar refractivity (Wildman–Crippen MR) is 73.2 cm³/mol. The number of methoxy groups -OCH3 is 1. The van der Waals surface area contributed by atoms with Gasteiger partial charge in [0.15, 0.2) is 0 Å². The number of nitrogens with zero attached hydrogens (tertiary/aromatic N) is 3. The zero-order valence-electron chi connectivity index (χ0n) is 10.9. The van der Waals surface area contributed by atoms with E-state index in [0.717, 1.165) is 25.3 Å². The van der Waals surface area contributed by atoms with Crippen molar-refractivity contribution in [3.63, 3.8) is 0 Å². The number of piperidine rings is 1. The van der Waals surface area contributed by atoms with E-state index in [1.165, 1.54) is 12.8 Å². The van der Waals surface area contributed by atoms with Gasteiger partial charge in [0.2, 0.25) is 5.88 Å². The minimum Gasteiger partial charge on any atom is -0.480 e. The molecule has 6 heteroatoms. The molecule has 0 atom stereocenters. The molecule has 0 spiro atoms. The number of halogens is 1. The van der Waals surface area contributed by atoms with Crippen LogP contribution in [0.2, 0.25) is 0 Å². The highest BCUT2D eigenvalue weighted by molar-refractivity contribution is 5.85. The summed E-state index contributed by atoms with van der Waals surface area (Å²) in [7, 11) is 3.78. The Morgan fingerprint density at radius 3 is 2.67 bits per heavy atom. The second kappa shape index (κ2) is 7.51. The molecule has 0 saturated carbocycles. The van der Waals surface area contributed by atoms with E-state index in [4.69, 9.17) is 4.74 Å². The first kappa shape index (κ1) is 15.1. The van der Waals surface area contributed by atoms with Crippen LogP contribution in [0, 0.1) is 0 Å². The molecule has 18 heavy (non-hydrogen) atoms. The lowest BCUT2D eigenvalue weighted by Gasteiger charge is -2.31. The van der Waals surface area contributed by atoms with Crippen molar-refractivity contribution in [3.8, 4) is 5.88 Å². The van der Waals surface area contributed by atoms with Gasteiger partial charge in [-0.2, -0.15) is 0 Å². The van der Waals surface area contributed by atoms with Gasteiger partial charge in [-0.1, -0.05) is 0 Å². The van der Waals surface area contributed by atoms with Crippen molar-refractivity contribution in [1.29, 1.82) is 0 Å². The Hall–Kier alpha value is -0.910. The van der Waals surface area contributed by atoms with E-state index in [0.29, 0.717) is 11.9 Å². The molecule has 0 radical (unpaired) electrons. The molecule has 1 saturated heterocycles. The maximum atomic E-state index is 5.22. The van der Waals surface area contributed by atoms with Crippen LogP contribution in [0.1, 0.15) is 18.5 Å². The van der Waals surface area contributed by atoms with Crippen molar-refractivity contribution >= 4 is 12.4 Å². The number of nitrogens with one attached hydrogen (secondary N) is 1. The zero-order valence-corrected chi connectivity index (χ0v) is 11.7. The molecule has 1 aliphatic heterocycles. The van der Waals surface area contributed by atoms with Gasteiger partial charge < -0.3 is 10.1 Å². The SMILES string of the molecule is COc1nccnc1CN(C)C1CCNCC1.Cl. The summed E-state index contributed by atoms with van der Waals surface area (Å²) in [5, 5.41) is 3.38. The fourth-order valence-electron chi connectivity index (χ4n) is 2.25. The lowest BCUT2D eigenvalue weighted by atomic mass is 10.1. The molecule has 1 aliphatic rings. The molecule has 5 nitrogen and oxygen atoms in total. The van der Waals surface area contributed by atoms with Crippen LogP contribution in [0.3, 0.4) is 0 Å². The monoisotopic (exact) mass is 272 g/mol. The van der Waals surface area contributed by atoms with Crippen LogP contribution in [0.5, 0.6) is 5.88 Å². The summed E-state index contributed by atoms with van der Waals surface area (Å²) in [6.07, 6.45) is 5.76. The van der Waals surface area contributed by atoms with E-state index >= 15 is 0 Å². The first-order valence-corrected chi connectivity index (χ1v) is 6.06. The largest absolute Gasteiger partial charge is 0.480 e. The third-order valence-corrected chi connectivity index (χ3v) is 3.26. The molecule has 0 bridgehead atoms. The van der Waals surface area contributed by atoms with Crippen LogP contribution in [0.4, 0.5) is 0 Å². The van der Waals surface area contributed by atoms with Crippen molar-refractivity contribution in [2.75, 3.05) is 27.2 Å². The first-order chi connectivity index (χ1) is 8.31. The van der Waals surface area contributed by atoms with Crippen molar-refractivity contribution in [3.05, 3.63) is 18.1 Å². The van der Waals surface area contributed by atoms with E-state index in [-0.39, 0.29) is 12.4 Å². The molecule has 0 amide bonds. The summed E-state index contributed by atoms with van der Waals surface area (Å²) in [5.74, 6) is 0.633. The van der Waals surface area contributed by atoms with Crippen LogP contribution < -0.4 is 10.1 Å². The molecule has 0 aromatic carbocycles. The second-order valence-electron chi connectivity index (χ2n) is 4.41. The minimum absolute atomic E-state index is 0. The average molecular weight is 273 g/mol. The van der Waals surface area contributed by atoms with Crippen LogP contribution in [0.15, 0.2) is 12.4 Å². The van der Waals surface area contributed by atoms with Gasteiger partial charge in [0.1, 0.15) is 5.69 Å². The topological polar surface area (TPSA) is 50.3 Å². The quantitative estimate of drug-likeness (QED) is 0.889. The summed E-state index contributed by atoms with van der Waals surface area (Å²) < 4.78 is 5.22. The molecule has 1 N–H and O–H groups in total. The third kappa shape index (κ3) is 3.80. The maximum Gasteiger partial charge on any atom is 0.236 e. The number of hydrogen-bond donors (Lipinski definition) is 1. The lowest BCUT2D eigenvalue weighted by molar-refractivity contribution is 0.187. The van der Waals surface area contributed by atoms with Crippen molar-refractivity contribution < 1.29 is 4.74 Å². The Morgan fingerprint density at radius 2 is 2.00 bits per heavy atom. The molecule has 0 unspecified atom stereocenters.